The van der Waals surface area contributed by atoms with E-state index in [-0.39, 0.29) is 18.5 Å². The van der Waals surface area contributed by atoms with Crippen molar-refractivity contribution in [2.24, 2.45) is 4.99 Å². The first-order valence-corrected chi connectivity index (χ1v) is 10.8. The summed E-state index contributed by atoms with van der Waals surface area (Å²) >= 11 is 0. The van der Waals surface area contributed by atoms with E-state index >= 15 is 0 Å². The van der Waals surface area contributed by atoms with Crippen molar-refractivity contribution < 1.29 is 19.0 Å². The lowest BCUT2D eigenvalue weighted by atomic mass is 10.1. The second kappa shape index (κ2) is 13.1. The molecule has 0 fully saturated rings. The second-order valence-electron chi connectivity index (χ2n) is 6.99. The van der Waals surface area contributed by atoms with Crippen LogP contribution in [0, 0.1) is 0 Å². The molecule has 1 atom stereocenters. The van der Waals surface area contributed by atoms with E-state index in [1.807, 2.05) is 63.2 Å². The van der Waals surface area contributed by atoms with E-state index in [9.17, 15) is 4.79 Å². The molecular formula is C24H34N4O4. The van der Waals surface area contributed by atoms with Crippen LogP contribution in [0.5, 0.6) is 17.2 Å². The van der Waals surface area contributed by atoms with Gasteiger partial charge in [0.25, 0.3) is 0 Å². The van der Waals surface area contributed by atoms with E-state index in [0.717, 1.165) is 22.6 Å². The SMILES string of the molecule is CCOc1ccc(C(C)NC(=NC)NCC(=O)NCc2ccc(OC)cc2)cc1OCC. The summed E-state index contributed by atoms with van der Waals surface area (Å²) in [4.78, 5) is 16.4. The van der Waals surface area contributed by atoms with Crippen LogP contribution in [0.2, 0.25) is 0 Å². The molecule has 8 nitrogen and oxygen atoms in total. The zero-order chi connectivity index (χ0) is 23.3. The van der Waals surface area contributed by atoms with E-state index < -0.39 is 0 Å². The molecule has 0 radical (unpaired) electrons. The Bertz CT molecular complexity index is 884. The normalized spacial score (nSPS) is 12.0. The van der Waals surface area contributed by atoms with Gasteiger partial charge in [-0.2, -0.15) is 0 Å². The van der Waals surface area contributed by atoms with Crippen LogP contribution in [0.15, 0.2) is 47.5 Å². The van der Waals surface area contributed by atoms with Gasteiger partial charge in [-0.15, -0.1) is 0 Å². The monoisotopic (exact) mass is 442 g/mol. The standard InChI is InChI=1S/C24H34N4O4/c1-6-31-21-13-10-19(14-22(21)32-7-2)17(3)28-24(25-4)27-16-23(29)26-15-18-8-11-20(30-5)12-9-18/h8-14,17H,6-7,15-16H2,1-5H3,(H,26,29)(H2,25,27,28). The van der Waals surface area contributed by atoms with Crippen LogP contribution in [0.3, 0.4) is 0 Å². The maximum Gasteiger partial charge on any atom is 0.239 e. The van der Waals surface area contributed by atoms with Crippen LogP contribution in [0.1, 0.15) is 37.9 Å². The minimum absolute atomic E-state index is 0.0570. The fourth-order valence-corrected chi connectivity index (χ4v) is 2.99. The molecule has 0 spiro atoms. The van der Waals surface area contributed by atoms with Gasteiger partial charge in [-0.3, -0.25) is 9.79 Å². The molecule has 2 aromatic carbocycles. The highest BCUT2D eigenvalue weighted by Gasteiger charge is 2.13. The van der Waals surface area contributed by atoms with Gasteiger partial charge in [0.15, 0.2) is 17.5 Å². The number of guanidine groups is 1. The minimum Gasteiger partial charge on any atom is -0.497 e. The summed E-state index contributed by atoms with van der Waals surface area (Å²) in [6.07, 6.45) is 0. The van der Waals surface area contributed by atoms with Crippen molar-refractivity contribution in [3.63, 3.8) is 0 Å². The van der Waals surface area contributed by atoms with Crippen molar-refractivity contribution in [1.82, 2.24) is 16.0 Å². The Hall–Kier alpha value is -3.42. The molecule has 2 rings (SSSR count). The van der Waals surface area contributed by atoms with E-state index in [0.29, 0.717) is 31.5 Å². The second-order valence-corrected chi connectivity index (χ2v) is 6.99. The molecule has 0 aliphatic rings. The van der Waals surface area contributed by atoms with E-state index in [1.54, 1.807) is 14.2 Å². The number of methoxy groups -OCH3 is 1. The Morgan fingerprint density at radius 3 is 2.31 bits per heavy atom. The number of nitrogens with one attached hydrogen (secondary N) is 3. The van der Waals surface area contributed by atoms with Crippen LogP contribution in [-0.4, -0.2) is 45.8 Å². The number of carbonyl (C=O) groups excluding carboxylic acids is 1. The Kier molecular flexibility index (Phi) is 10.2. The molecule has 0 saturated heterocycles. The largest absolute Gasteiger partial charge is 0.497 e. The maximum absolute atomic E-state index is 12.2. The summed E-state index contributed by atoms with van der Waals surface area (Å²) in [5.74, 6) is 2.62. The summed E-state index contributed by atoms with van der Waals surface area (Å²) in [5.41, 5.74) is 2.01. The number of hydrogen-bond acceptors (Lipinski definition) is 5. The molecule has 0 aromatic heterocycles. The van der Waals surface area contributed by atoms with Crippen molar-refractivity contribution in [2.45, 2.75) is 33.4 Å². The lowest BCUT2D eigenvalue weighted by molar-refractivity contribution is -0.120. The van der Waals surface area contributed by atoms with Crippen molar-refractivity contribution >= 4 is 11.9 Å². The number of benzene rings is 2. The average Bonchev–Trinajstić information content (AvgIpc) is 2.81. The Morgan fingerprint density at radius 2 is 1.69 bits per heavy atom. The smallest absolute Gasteiger partial charge is 0.239 e. The predicted molar refractivity (Wildman–Crippen MR) is 127 cm³/mol. The first-order chi connectivity index (χ1) is 15.5. The van der Waals surface area contributed by atoms with Crippen LogP contribution in [0.25, 0.3) is 0 Å². The number of amides is 1. The first kappa shape index (κ1) is 24.8. The molecule has 0 aliphatic heterocycles. The van der Waals surface area contributed by atoms with Gasteiger partial charge in [0.1, 0.15) is 5.75 Å². The van der Waals surface area contributed by atoms with Crippen molar-refractivity contribution in [3.8, 4) is 17.2 Å². The summed E-state index contributed by atoms with van der Waals surface area (Å²) in [5, 5.41) is 9.23. The number of aliphatic imine (C=N–C) groups is 1. The molecule has 0 aliphatic carbocycles. The van der Waals surface area contributed by atoms with Crippen molar-refractivity contribution in [2.75, 3.05) is 33.9 Å². The Balaban J connectivity index is 1.87. The van der Waals surface area contributed by atoms with Gasteiger partial charge >= 0.3 is 0 Å². The molecular weight excluding hydrogens is 408 g/mol. The third kappa shape index (κ3) is 7.68. The molecule has 0 saturated carbocycles. The molecule has 2 aromatic rings. The lowest BCUT2D eigenvalue weighted by Gasteiger charge is -2.20. The summed E-state index contributed by atoms with van der Waals surface area (Å²) in [6, 6.07) is 13.4. The average molecular weight is 443 g/mol. The summed E-state index contributed by atoms with van der Waals surface area (Å²) in [7, 11) is 3.29. The topological polar surface area (TPSA) is 93.2 Å². The van der Waals surface area contributed by atoms with Gasteiger partial charge in [0.2, 0.25) is 5.91 Å². The van der Waals surface area contributed by atoms with Gasteiger partial charge in [0, 0.05) is 13.6 Å². The predicted octanol–water partition coefficient (Wildman–Crippen LogP) is 3.04. The van der Waals surface area contributed by atoms with Crippen LogP contribution < -0.4 is 30.2 Å². The van der Waals surface area contributed by atoms with Gasteiger partial charge < -0.3 is 30.2 Å². The zero-order valence-corrected chi connectivity index (χ0v) is 19.5. The zero-order valence-electron chi connectivity index (χ0n) is 19.5. The highest BCUT2D eigenvalue weighted by Crippen LogP contribution is 2.30. The number of nitrogens with zero attached hydrogens (tertiary/aromatic N) is 1. The highest BCUT2D eigenvalue weighted by atomic mass is 16.5. The molecule has 1 unspecified atom stereocenters. The van der Waals surface area contributed by atoms with Crippen molar-refractivity contribution in [3.05, 3.63) is 53.6 Å². The number of hydrogen-bond donors (Lipinski definition) is 3. The minimum atomic E-state index is -0.129. The maximum atomic E-state index is 12.2. The van der Waals surface area contributed by atoms with Crippen molar-refractivity contribution in [1.29, 1.82) is 0 Å². The van der Waals surface area contributed by atoms with Gasteiger partial charge in [-0.25, -0.2) is 0 Å². The lowest BCUT2D eigenvalue weighted by Crippen LogP contribution is -2.43. The molecule has 32 heavy (non-hydrogen) atoms. The fraction of sp³-hybridized carbons (Fsp3) is 0.417. The fourth-order valence-electron chi connectivity index (χ4n) is 2.99. The van der Waals surface area contributed by atoms with E-state index in [2.05, 4.69) is 20.9 Å². The van der Waals surface area contributed by atoms with Gasteiger partial charge in [0.05, 0.1) is 32.9 Å². The van der Waals surface area contributed by atoms with Crippen LogP contribution in [0.4, 0.5) is 0 Å². The molecule has 0 heterocycles. The van der Waals surface area contributed by atoms with E-state index in [1.165, 1.54) is 0 Å². The Labute approximate surface area is 190 Å². The highest BCUT2D eigenvalue weighted by molar-refractivity contribution is 5.86. The molecule has 174 valence electrons. The first-order valence-electron chi connectivity index (χ1n) is 10.8. The quantitative estimate of drug-likeness (QED) is 0.366. The number of carbonyl (C=O) groups is 1. The molecule has 3 N–H and O–H groups in total. The number of ether oxygens (including phenoxy) is 3. The van der Waals surface area contributed by atoms with Gasteiger partial charge in [-0.05, 0) is 56.2 Å². The molecule has 0 bridgehead atoms. The Morgan fingerprint density at radius 1 is 1.00 bits per heavy atom. The summed E-state index contributed by atoms with van der Waals surface area (Å²) in [6.45, 7) is 7.58. The van der Waals surface area contributed by atoms with Crippen LogP contribution in [-0.2, 0) is 11.3 Å². The van der Waals surface area contributed by atoms with Crippen LogP contribution >= 0.6 is 0 Å². The summed E-state index contributed by atoms with van der Waals surface area (Å²) < 4.78 is 16.5. The third-order valence-corrected chi connectivity index (χ3v) is 4.71. The molecule has 1 amide bonds. The van der Waals surface area contributed by atoms with Gasteiger partial charge in [-0.1, -0.05) is 18.2 Å². The van der Waals surface area contributed by atoms with E-state index in [4.69, 9.17) is 14.2 Å². The molecule has 8 heteroatoms. The third-order valence-electron chi connectivity index (χ3n) is 4.71. The number of rotatable bonds is 11.